The molecule has 0 spiro atoms. The molecule has 2 atom stereocenters. The Morgan fingerprint density at radius 1 is 1.32 bits per heavy atom. The summed E-state index contributed by atoms with van der Waals surface area (Å²) in [7, 11) is 0. The second-order valence-corrected chi connectivity index (χ2v) is 5.14. The van der Waals surface area contributed by atoms with Crippen LogP contribution in [-0.4, -0.2) is 23.0 Å². The number of Topliss-reactive ketones (excluding diaryl/α,β-unsaturated/α-hetero) is 1. The van der Waals surface area contributed by atoms with E-state index in [4.69, 9.17) is 4.74 Å². The molecule has 1 saturated heterocycles. The molecular formula is C16H17NO2. The van der Waals surface area contributed by atoms with E-state index in [9.17, 15) is 4.79 Å². The normalized spacial score (nSPS) is 22.8. The first kappa shape index (κ1) is 12.3. The lowest BCUT2D eigenvalue weighted by atomic mass is 10.0. The molecule has 3 heteroatoms. The van der Waals surface area contributed by atoms with Crippen LogP contribution in [0.5, 0.6) is 0 Å². The summed E-state index contributed by atoms with van der Waals surface area (Å²) in [6.45, 7) is 2.02. The summed E-state index contributed by atoms with van der Waals surface area (Å²) in [6.07, 6.45) is 4.02. The molecule has 3 rings (SSSR count). The van der Waals surface area contributed by atoms with Crippen molar-refractivity contribution in [3.05, 3.63) is 42.1 Å². The molecule has 2 unspecified atom stereocenters. The van der Waals surface area contributed by atoms with Gasteiger partial charge in [0.05, 0.1) is 11.6 Å². The monoisotopic (exact) mass is 255 g/mol. The molecule has 0 aliphatic carbocycles. The standard InChI is InChI=1S/C16H17NO2/c1-11-6-7-16(19-11)15(18)10-12-8-9-17-14-5-3-2-4-13(12)14/h2-5,8-9,11,16H,6-7,10H2,1H3. The molecule has 2 aromatic rings. The molecule has 1 aromatic heterocycles. The number of pyridine rings is 1. The Bertz CT molecular complexity index is 603. The van der Waals surface area contributed by atoms with Gasteiger partial charge >= 0.3 is 0 Å². The van der Waals surface area contributed by atoms with Gasteiger partial charge in [-0.25, -0.2) is 0 Å². The zero-order valence-electron chi connectivity index (χ0n) is 11.0. The van der Waals surface area contributed by atoms with Crippen LogP contribution in [0.2, 0.25) is 0 Å². The van der Waals surface area contributed by atoms with Crippen LogP contribution in [-0.2, 0) is 16.0 Å². The molecule has 1 aliphatic rings. The third kappa shape index (κ3) is 2.51. The highest BCUT2D eigenvalue weighted by atomic mass is 16.5. The van der Waals surface area contributed by atoms with E-state index < -0.39 is 0 Å². The van der Waals surface area contributed by atoms with E-state index in [1.807, 2.05) is 37.3 Å². The molecule has 0 saturated carbocycles. The number of benzene rings is 1. The van der Waals surface area contributed by atoms with E-state index >= 15 is 0 Å². The van der Waals surface area contributed by atoms with E-state index in [1.165, 1.54) is 0 Å². The lowest BCUT2D eigenvalue weighted by Gasteiger charge is -2.11. The van der Waals surface area contributed by atoms with Crippen molar-refractivity contribution in [3.63, 3.8) is 0 Å². The molecule has 98 valence electrons. The van der Waals surface area contributed by atoms with Gasteiger partial charge in [0, 0.05) is 18.0 Å². The van der Waals surface area contributed by atoms with Crippen LogP contribution in [0.1, 0.15) is 25.3 Å². The fourth-order valence-electron chi connectivity index (χ4n) is 2.65. The van der Waals surface area contributed by atoms with E-state index in [-0.39, 0.29) is 18.0 Å². The Morgan fingerprint density at radius 2 is 2.16 bits per heavy atom. The van der Waals surface area contributed by atoms with Crippen LogP contribution < -0.4 is 0 Å². The van der Waals surface area contributed by atoms with Gasteiger partial charge in [0.25, 0.3) is 0 Å². The molecular weight excluding hydrogens is 238 g/mol. The molecule has 19 heavy (non-hydrogen) atoms. The number of hydrogen-bond acceptors (Lipinski definition) is 3. The molecule has 1 fully saturated rings. The number of nitrogens with zero attached hydrogens (tertiary/aromatic N) is 1. The van der Waals surface area contributed by atoms with Crippen molar-refractivity contribution < 1.29 is 9.53 Å². The molecule has 2 heterocycles. The van der Waals surface area contributed by atoms with E-state index in [2.05, 4.69) is 4.98 Å². The predicted octanol–water partition coefficient (Wildman–Crippen LogP) is 2.91. The van der Waals surface area contributed by atoms with Crippen LogP contribution in [0, 0.1) is 0 Å². The Morgan fingerprint density at radius 3 is 2.95 bits per heavy atom. The number of para-hydroxylation sites is 1. The van der Waals surface area contributed by atoms with Gasteiger partial charge in [-0.3, -0.25) is 9.78 Å². The fraction of sp³-hybridized carbons (Fsp3) is 0.375. The van der Waals surface area contributed by atoms with Crippen LogP contribution >= 0.6 is 0 Å². The van der Waals surface area contributed by atoms with Crippen molar-refractivity contribution in [3.8, 4) is 0 Å². The summed E-state index contributed by atoms with van der Waals surface area (Å²) in [5.74, 6) is 0.181. The van der Waals surface area contributed by atoms with Gasteiger partial charge in [-0.1, -0.05) is 18.2 Å². The summed E-state index contributed by atoms with van der Waals surface area (Å²) in [5.41, 5.74) is 1.98. The van der Waals surface area contributed by atoms with Crippen molar-refractivity contribution in [1.82, 2.24) is 4.98 Å². The number of ketones is 1. The van der Waals surface area contributed by atoms with Gasteiger partial charge in [-0.15, -0.1) is 0 Å². The minimum absolute atomic E-state index is 0.181. The largest absolute Gasteiger partial charge is 0.367 e. The predicted molar refractivity (Wildman–Crippen MR) is 74.0 cm³/mol. The topological polar surface area (TPSA) is 39.2 Å². The van der Waals surface area contributed by atoms with E-state index in [1.54, 1.807) is 6.20 Å². The molecule has 0 amide bonds. The molecule has 0 bridgehead atoms. The summed E-state index contributed by atoms with van der Waals surface area (Å²) in [4.78, 5) is 16.6. The average molecular weight is 255 g/mol. The summed E-state index contributed by atoms with van der Waals surface area (Å²) in [5, 5.41) is 1.06. The van der Waals surface area contributed by atoms with Crippen molar-refractivity contribution in [2.24, 2.45) is 0 Å². The number of ether oxygens (including phenoxy) is 1. The van der Waals surface area contributed by atoms with Crippen LogP contribution in [0.25, 0.3) is 10.9 Å². The number of aromatic nitrogens is 1. The van der Waals surface area contributed by atoms with Crippen LogP contribution in [0.3, 0.4) is 0 Å². The lowest BCUT2D eigenvalue weighted by molar-refractivity contribution is -0.128. The van der Waals surface area contributed by atoms with Gasteiger partial charge in [-0.2, -0.15) is 0 Å². The highest BCUT2D eigenvalue weighted by Gasteiger charge is 2.28. The van der Waals surface area contributed by atoms with E-state index in [0.717, 1.165) is 29.3 Å². The number of carbonyl (C=O) groups is 1. The number of rotatable bonds is 3. The minimum atomic E-state index is -0.220. The van der Waals surface area contributed by atoms with Crippen LogP contribution in [0.4, 0.5) is 0 Å². The fourth-order valence-corrected chi connectivity index (χ4v) is 2.65. The number of hydrogen-bond donors (Lipinski definition) is 0. The van der Waals surface area contributed by atoms with Gasteiger partial charge in [0.15, 0.2) is 5.78 Å². The molecule has 0 radical (unpaired) electrons. The summed E-state index contributed by atoms with van der Waals surface area (Å²) in [6, 6.07) is 9.86. The minimum Gasteiger partial charge on any atom is -0.367 e. The summed E-state index contributed by atoms with van der Waals surface area (Å²) < 4.78 is 5.64. The third-order valence-corrected chi connectivity index (χ3v) is 3.70. The SMILES string of the molecule is CC1CCC(C(=O)Cc2ccnc3ccccc23)O1. The van der Waals surface area contributed by atoms with E-state index in [0.29, 0.717) is 6.42 Å². The first-order valence-electron chi connectivity index (χ1n) is 6.75. The Labute approximate surface area is 112 Å². The zero-order chi connectivity index (χ0) is 13.2. The second kappa shape index (κ2) is 5.10. The molecule has 0 N–H and O–H groups in total. The smallest absolute Gasteiger partial charge is 0.165 e. The highest BCUT2D eigenvalue weighted by molar-refractivity contribution is 5.91. The molecule has 3 nitrogen and oxygen atoms in total. The zero-order valence-corrected chi connectivity index (χ0v) is 11.0. The maximum absolute atomic E-state index is 12.3. The maximum atomic E-state index is 12.3. The van der Waals surface area contributed by atoms with Crippen molar-refractivity contribution in [2.45, 2.75) is 38.4 Å². The van der Waals surface area contributed by atoms with Gasteiger partial charge in [0.1, 0.15) is 6.10 Å². The molecule has 1 aliphatic heterocycles. The Hall–Kier alpha value is -1.74. The van der Waals surface area contributed by atoms with Crippen LogP contribution in [0.15, 0.2) is 36.5 Å². The first-order valence-corrected chi connectivity index (χ1v) is 6.75. The molecule has 1 aromatic carbocycles. The van der Waals surface area contributed by atoms with Crippen molar-refractivity contribution >= 4 is 16.7 Å². The quantitative estimate of drug-likeness (QED) is 0.846. The average Bonchev–Trinajstić information content (AvgIpc) is 2.86. The number of fused-ring (bicyclic) bond motifs is 1. The first-order chi connectivity index (χ1) is 9.24. The van der Waals surface area contributed by atoms with Crippen molar-refractivity contribution in [2.75, 3.05) is 0 Å². The van der Waals surface area contributed by atoms with Crippen molar-refractivity contribution in [1.29, 1.82) is 0 Å². The van der Waals surface area contributed by atoms with Gasteiger partial charge in [-0.05, 0) is 37.5 Å². The third-order valence-electron chi connectivity index (χ3n) is 3.70. The maximum Gasteiger partial charge on any atom is 0.165 e. The Balaban J connectivity index is 1.83. The summed E-state index contributed by atoms with van der Waals surface area (Å²) >= 11 is 0. The lowest BCUT2D eigenvalue weighted by Crippen LogP contribution is -2.22. The Kier molecular flexibility index (Phi) is 3.30. The highest BCUT2D eigenvalue weighted by Crippen LogP contribution is 2.23. The van der Waals surface area contributed by atoms with Gasteiger partial charge in [0.2, 0.25) is 0 Å². The number of carbonyl (C=O) groups excluding carboxylic acids is 1. The van der Waals surface area contributed by atoms with Gasteiger partial charge < -0.3 is 4.74 Å². The second-order valence-electron chi connectivity index (χ2n) is 5.14.